The predicted molar refractivity (Wildman–Crippen MR) is 105 cm³/mol. The summed E-state index contributed by atoms with van der Waals surface area (Å²) in [7, 11) is 0. The number of benzene rings is 2. The highest BCUT2D eigenvalue weighted by Crippen LogP contribution is 2.16. The number of nitrogens with one attached hydrogen (secondary N) is 1. The molecule has 6 nitrogen and oxygen atoms in total. The fraction of sp³-hybridized carbons (Fsp3) is 0.238. The van der Waals surface area contributed by atoms with Crippen LogP contribution in [0.1, 0.15) is 41.0 Å². The molecule has 1 amide bonds. The van der Waals surface area contributed by atoms with E-state index in [0.717, 1.165) is 24.2 Å². The molecule has 1 atom stereocenters. The lowest BCUT2D eigenvalue weighted by Gasteiger charge is -2.07. The molecule has 136 valence electrons. The number of rotatable bonds is 4. The Kier molecular flexibility index (Phi) is 4.54. The van der Waals surface area contributed by atoms with Crippen molar-refractivity contribution < 1.29 is 4.79 Å². The summed E-state index contributed by atoms with van der Waals surface area (Å²) in [5, 5.41) is 4.61. The van der Waals surface area contributed by atoms with Crippen LogP contribution in [0.3, 0.4) is 0 Å². The van der Waals surface area contributed by atoms with Gasteiger partial charge >= 0.3 is 0 Å². The molecule has 0 radical (unpaired) electrons. The van der Waals surface area contributed by atoms with E-state index in [1.165, 1.54) is 0 Å². The Morgan fingerprint density at radius 1 is 1.26 bits per heavy atom. The number of fused-ring (bicyclic) bond motifs is 2. The van der Waals surface area contributed by atoms with Crippen LogP contribution in [-0.2, 0) is 13.0 Å². The van der Waals surface area contributed by atoms with E-state index in [1.54, 1.807) is 29.0 Å². The quantitative estimate of drug-likeness (QED) is 0.574. The molecular weight excluding hydrogens is 340 g/mol. The molecule has 0 unspecified atom stereocenters. The summed E-state index contributed by atoms with van der Waals surface area (Å²) in [5.41, 5.74) is 4.63. The topological polar surface area (TPSA) is 76.3 Å². The highest BCUT2D eigenvalue weighted by molar-refractivity contribution is 5.97. The predicted octanol–water partition coefficient (Wildman–Crippen LogP) is 2.86. The van der Waals surface area contributed by atoms with Gasteiger partial charge in [-0.25, -0.2) is 10.4 Å². The molecule has 2 aromatic carbocycles. The number of amides is 1. The van der Waals surface area contributed by atoms with Gasteiger partial charge in [0.1, 0.15) is 5.82 Å². The van der Waals surface area contributed by atoms with Gasteiger partial charge in [-0.3, -0.25) is 14.2 Å². The van der Waals surface area contributed by atoms with Gasteiger partial charge in [0, 0.05) is 30.7 Å². The van der Waals surface area contributed by atoms with E-state index >= 15 is 0 Å². The first-order valence-corrected chi connectivity index (χ1v) is 9.05. The number of carbonyl (C=O) groups excluding carboxylic acids is 1. The number of hydrogen-bond acceptors (Lipinski definition) is 4. The molecule has 6 heteroatoms. The van der Waals surface area contributed by atoms with Crippen molar-refractivity contribution in [2.75, 3.05) is 0 Å². The van der Waals surface area contributed by atoms with Gasteiger partial charge in [0.2, 0.25) is 0 Å². The molecule has 0 spiro atoms. The fourth-order valence-electron chi connectivity index (χ4n) is 3.34. The molecule has 1 aliphatic heterocycles. The third kappa shape index (κ3) is 3.38. The number of aryl methyl sites for hydroxylation is 1. The van der Waals surface area contributed by atoms with Crippen LogP contribution in [0, 0.1) is 0 Å². The van der Waals surface area contributed by atoms with E-state index in [9.17, 15) is 9.59 Å². The first kappa shape index (κ1) is 17.1. The van der Waals surface area contributed by atoms with E-state index in [0.29, 0.717) is 23.0 Å². The maximum atomic E-state index is 12.5. The van der Waals surface area contributed by atoms with Crippen molar-refractivity contribution in [3.05, 3.63) is 75.8 Å². The van der Waals surface area contributed by atoms with Crippen LogP contribution in [0.25, 0.3) is 10.9 Å². The van der Waals surface area contributed by atoms with Crippen molar-refractivity contribution in [3.8, 4) is 0 Å². The Balaban J connectivity index is 1.52. The molecule has 0 saturated carbocycles. The number of aromatic nitrogens is 2. The van der Waals surface area contributed by atoms with E-state index in [1.807, 2.05) is 37.3 Å². The molecule has 0 saturated heterocycles. The Morgan fingerprint density at radius 3 is 2.89 bits per heavy atom. The molecule has 2 heterocycles. The highest BCUT2D eigenvalue weighted by atomic mass is 16.2. The van der Waals surface area contributed by atoms with E-state index in [-0.39, 0.29) is 17.4 Å². The molecule has 27 heavy (non-hydrogen) atoms. The van der Waals surface area contributed by atoms with Crippen LogP contribution >= 0.6 is 0 Å². The Morgan fingerprint density at radius 2 is 2.07 bits per heavy atom. The first-order valence-electron chi connectivity index (χ1n) is 9.05. The van der Waals surface area contributed by atoms with Crippen LogP contribution in [-0.4, -0.2) is 21.7 Å². The summed E-state index contributed by atoms with van der Waals surface area (Å²) >= 11 is 0. The van der Waals surface area contributed by atoms with Crippen molar-refractivity contribution in [1.29, 1.82) is 0 Å². The Bertz CT molecular complexity index is 1090. The maximum Gasteiger partial charge on any atom is 0.271 e. The molecular formula is C21H20N4O2. The second kappa shape index (κ2) is 7.15. The van der Waals surface area contributed by atoms with Gasteiger partial charge in [-0.15, -0.1) is 0 Å². The van der Waals surface area contributed by atoms with Gasteiger partial charge < -0.3 is 0 Å². The van der Waals surface area contributed by atoms with Gasteiger partial charge in [-0.2, -0.15) is 5.10 Å². The van der Waals surface area contributed by atoms with Crippen molar-refractivity contribution in [3.63, 3.8) is 0 Å². The zero-order chi connectivity index (χ0) is 18.8. The lowest BCUT2D eigenvalue weighted by Crippen LogP contribution is -2.22. The molecule has 1 N–H and O–H groups in total. The molecule has 0 aliphatic carbocycles. The summed E-state index contributed by atoms with van der Waals surface area (Å²) < 4.78 is 1.72. The standard InChI is InChI=1S/C21H20N4O2/c1-14(15-6-3-2-4-7-15)13-22-24-20(26)16-9-10-17-18(12-16)23-19-8-5-11-25(19)21(17)27/h2-4,6-7,9-10,12-14H,5,8,11H2,1H3,(H,24,26)/b22-13-/t14-/m0/s1. The Labute approximate surface area is 156 Å². The highest BCUT2D eigenvalue weighted by Gasteiger charge is 2.17. The summed E-state index contributed by atoms with van der Waals surface area (Å²) in [6, 6.07) is 14.9. The molecule has 0 bridgehead atoms. The van der Waals surface area contributed by atoms with Crippen molar-refractivity contribution in [2.45, 2.75) is 32.2 Å². The Hall–Kier alpha value is -3.28. The van der Waals surface area contributed by atoms with Gasteiger partial charge in [0.25, 0.3) is 11.5 Å². The van der Waals surface area contributed by atoms with Gasteiger partial charge in [0.15, 0.2) is 0 Å². The minimum atomic E-state index is -0.323. The number of hydrazone groups is 1. The van der Waals surface area contributed by atoms with Crippen LogP contribution in [0.2, 0.25) is 0 Å². The van der Waals surface area contributed by atoms with Crippen LogP contribution < -0.4 is 11.0 Å². The largest absolute Gasteiger partial charge is 0.296 e. The lowest BCUT2D eigenvalue weighted by atomic mass is 10.0. The molecule has 4 rings (SSSR count). The van der Waals surface area contributed by atoms with Crippen molar-refractivity contribution in [1.82, 2.24) is 15.0 Å². The average Bonchev–Trinajstić information content (AvgIpc) is 3.17. The lowest BCUT2D eigenvalue weighted by molar-refractivity contribution is 0.0955. The summed E-state index contributed by atoms with van der Waals surface area (Å²) in [6.45, 7) is 2.73. The zero-order valence-corrected chi connectivity index (χ0v) is 15.1. The SMILES string of the molecule is C[C@@H](/C=N\NC(=O)c1ccc2c(=O)n3c(nc2c1)CCC3)c1ccccc1. The maximum absolute atomic E-state index is 12.5. The fourth-order valence-corrected chi connectivity index (χ4v) is 3.34. The summed E-state index contributed by atoms with van der Waals surface area (Å²) in [5.74, 6) is 0.558. The minimum Gasteiger partial charge on any atom is -0.296 e. The average molecular weight is 360 g/mol. The van der Waals surface area contributed by atoms with Gasteiger partial charge in [-0.1, -0.05) is 37.3 Å². The molecule has 0 fully saturated rings. The zero-order valence-electron chi connectivity index (χ0n) is 15.1. The normalized spacial score (nSPS) is 14.4. The van der Waals surface area contributed by atoms with Gasteiger partial charge in [0.05, 0.1) is 10.9 Å². The third-order valence-corrected chi connectivity index (χ3v) is 4.87. The van der Waals surface area contributed by atoms with Gasteiger partial charge in [-0.05, 0) is 30.2 Å². The third-order valence-electron chi connectivity index (χ3n) is 4.87. The minimum absolute atomic E-state index is 0.0332. The van der Waals surface area contributed by atoms with Crippen molar-refractivity contribution >= 4 is 23.0 Å². The monoisotopic (exact) mass is 360 g/mol. The van der Waals surface area contributed by atoms with E-state index < -0.39 is 0 Å². The number of nitrogens with zero attached hydrogens (tertiary/aromatic N) is 3. The number of hydrogen-bond donors (Lipinski definition) is 1. The van der Waals surface area contributed by atoms with Crippen molar-refractivity contribution in [2.24, 2.45) is 5.10 Å². The summed E-state index contributed by atoms with van der Waals surface area (Å²) in [6.07, 6.45) is 3.43. The molecule has 1 aliphatic rings. The van der Waals surface area contributed by atoms with Crippen LogP contribution in [0.4, 0.5) is 0 Å². The van der Waals surface area contributed by atoms with Crippen LogP contribution in [0.15, 0.2) is 58.4 Å². The van der Waals surface area contributed by atoms with E-state index in [4.69, 9.17) is 0 Å². The first-order chi connectivity index (χ1) is 13.1. The molecule has 3 aromatic rings. The van der Waals surface area contributed by atoms with Crippen LogP contribution in [0.5, 0.6) is 0 Å². The second-order valence-electron chi connectivity index (χ2n) is 6.74. The number of carbonyl (C=O) groups is 1. The second-order valence-corrected chi connectivity index (χ2v) is 6.74. The smallest absolute Gasteiger partial charge is 0.271 e. The van der Waals surface area contributed by atoms with E-state index in [2.05, 4.69) is 15.5 Å². The summed E-state index contributed by atoms with van der Waals surface area (Å²) in [4.78, 5) is 29.4. The molecule has 1 aromatic heterocycles.